The first kappa shape index (κ1) is 20.1. The molecule has 1 fully saturated rings. The molecule has 1 saturated carbocycles. The fraction of sp³-hybridized carbons (Fsp3) is 0.429. The average molecular weight is 410 g/mol. The van der Waals surface area contributed by atoms with Crippen molar-refractivity contribution in [3.8, 4) is 5.75 Å². The standard InChI is InChI=1S/C21H26N6O3/c1-30-16-8-2-13(3-9-16)10-17(20-25-18-11-22-12-23-19(18)27-20)26-21(29)24-14-4-6-15(28)7-5-14/h2-3,8-9,11-12,14-15,17,28H,4-7,10H2,1H3,(H2,24,26,29)(H,22,23,25,27). The number of fused-ring (bicyclic) bond motifs is 1. The Labute approximate surface area is 174 Å². The number of hydrogen-bond acceptors (Lipinski definition) is 6. The number of aromatic nitrogens is 4. The number of ether oxygens (including phenoxy) is 1. The first-order valence-electron chi connectivity index (χ1n) is 10.1. The minimum Gasteiger partial charge on any atom is -0.497 e. The van der Waals surface area contributed by atoms with Crippen molar-refractivity contribution >= 4 is 17.2 Å². The SMILES string of the molecule is COc1ccc(CC(NC(=O)NC2CCC(O)CC2)c2nc3ncncc3[nH]2)cc1. The van der Waals surface area contributed by atoms with E-state index in [-0.39, 0.29) is 24.2 Å². The molecule has 2 amide bonds. The van der Waals surface area contributed by atoms with E-state index in [0.29, 0.717) is 30.7 Å². The first-order chi connectivity index (χ1) is 14.6. The van der Waals surface area contributed by atoms with Gasteiger partial charge in [-0.15, -0.1) is 0 Å². The first-order valence-corrected chi connectivity index (χ1v) is 10.1. The number of carbonyl (C=O) groups is 1. The molecule has 1 unspecified atom stereocenters. The summed E-state index contributed by atoms with van der Waals surface area (Å²) in [7, 11) is 1.63. The summed E-state index contributed by atoms with van der Waals surface area (Å²) >= 11 is 0. The van der Waals surface area contributed by atoms with E-state index in [1.54, 1.807) is 13.3 Å². The number of urea groups is 1. The molecule has 3 aromatic rings. The third-order valence-corrected chi connectivity index (χ3v) is 5.45. The van der Waals surface area contributed by atoms with Gasteiger partial charge in [-0.25, -0.2) is 19.7 Å². The fourth-order valence-corrected chi connectivity index (χ4v) is 3.76. The number of hydrogen-bond donors (Lipinski definition) is 4. The number of H-pyrrole nitrogens is 1. The lowest BCUT2D eigenvalue weighted by Gasteiger charge is -2.27. The molecule has 9 nitrogen and oxygen atoms in total. The van der Waals surface area contributed by atoms with Gasteiger partial charge < -0.3 is 25.5 Å². The Balaban J connectivity index is 1.50. The van der Waals surface area contributed by atoms with E-state index in [1.807, 2.05) is 24.3 Å². The van der Waals surface area contributed by atoms with Gasteiger partial charge in [0.05, 0.1) is 25.5 Å². The van der Waals surface area contributed by atoms with Crippen LogP contribution < -0.4 is 15.4 Å². The quantitative estimate of drug-likeness (QED) is 0.494. The highest BCUT2D eigenvalue weighted by Gasteiger charge is 2.24. The molecule has 0 aliphatic heterocycles. The topological polar surface area (TPSA) is 125 Å². The molecular weight excluding hydrogens is 384 g/mol. The third-order valence-electron chi connectivity index (χ3n) is 5.45. The van der Waals surface area contributed by atoms with Crippen molar-refractivity contribution in [2.75, 3.05) is 7.11 Å². The molecule has 9 heteroatoms. The van der Waals surface area contributed by atoms with E-state index in [2.05, 4.69) is 30.6 Å². The van der Waals surface area contributed by atoms with Crippen molar-refractivity contribution in [3.63, 3.8) is 0 Å². The van der Waals surface area contributed by atoms with Crippen molar-refractivity contribution in [1.82, 2.24) is 30.6 Å². The smallest absolute Gasteiger partial charge is 0.315 e. The predicted molar refractivity (Wildman–Crippen MR) is 111 cm³/mol. The fourth-order valence-electron chi connectivity index (χ4n) is 3.76. The van der Waals surface area contributed by atoms with Crippen LogP contribution >= 0.6 is 0 Å². The average Bonchev–Trinajstić information content (AvgIpc) is 3.20. The molecule has 30 heavy (non-hydrogen) atoms. The Kier molecular flexibility index (Phi) is 6.08. The molecule has 1 atom stereocenters. The molecule has 1 aliphatic carbocycles. The van der Waals surface area contributed by atoms with E-state index >= 15 is 0 Å². The Morgan fingerprint density at radius 1 is 1.27 bits per heavy atom. The summed E-state index contributed by atoms with van der Waals surface area (Å²) in [5.74, 6) is 1.40. The summed E-state index contributed by atoms with van der Waals surface area (Å²) in [5.41, 5.74) is 2.31. The van der Waals surface area contributed by atoms with Crippen LogP contribution in [0.5, 0.6) is 5.75 Å². The normalized spacial score (nSPS) is 19.9. The van der Waals surface area contributed by atoms with Crippen molar-refractivity contribution < 1.29 is 14.6 Å². The zero-order chi connectivity index (χ0) is 20.9. The lowest BCUT2D eigenvalue weighted by molar-refractivity contribution is 0.117. The van der Waals surface area contributed by atoms with E-state index < -0.39 is 0 Å². The number of aliphatic hydroxyl groups excluding tert-OH is 1. The van der Waals surface area contributed by atoms with E-state index in [4.69, 9.17) is 4.74 Å². The van der Waals surface area contributed by atoms with Crippen molar-refractivity contribution in [2.24, 2.45) is 0 Å². The molecule has 0 spiro atoms. The van der Waals surface area contributed by atoms with E-state index in [9.17, 15) is 9.90 Å². The molecule has 4 N–H and O–H groups in total. The van der Waals surface area contributed by atoms with Crippen molar-refractivity contribution in [2.45, 2.75) is 50.3 Å². The third kappa shape index (κ3) is 4.85. The van der Waals surface area contributed by atoms with Crippen LogP contribution in [0.25, 0.3) is 11.2 Å². The van der Waals surface area contributed by atoms with Gasteiger partial charge in [-0.1, -0.05) is 12.1 Å². The number of nitrogens with one attached hydrogen (secondary N) is 3. The number of methoxy groups -OCH3 is 1. The number of aromatic amines is 1. The molecule has 0 saturated heterocycles. The Hall–Kier alpha value is -3.20. The van der Waals surface area contributed by atoms with Crippen LogP contribution in [0.3, 0.4) is 0 Å². The van der Waals surface area contributed by atoms with Gasteiger partial charge >= 0.3 is 6.03 Å². The number of benzene rings is 1. The maximum absolute atomic E-state index is 12.7. The number of rotatable bonds is 6. The predicted octanol–water partition coefficient (Wildman–Crippen LogP) is 2.25. The molecular formula is C21H26N6O3. The second kappa shape index (κ2) is 9.08. The molecule has 2 heterocycles. The molecule has 4 rings (SSSR count). The number of aliphatic hydroxyl groups is 1. The second-order valence-electron chi connectivity index (χ2n) is 7.61. The molecule has 2 aromatic heterocycles. The van der Waals surface area contributed by atoms with Crippen LogP contribution in [-0.4, -0.2) is 50.3 Å². The van der Waals surface area contributed by atoms with E-state index in [0.717, 1.165) is 29.7 Å². The van der Waals surface area contributed by atoms with Crippen LogP contribution in [0.4, 0.5) is 4.79 Å². The number of nitrogens with zero attached hydrogens (tertiary/aromatic N) is 3. The molecule has 158 valence electrons. The van der Waals surface area contributed by atoms with Gasteiger partial charge in [-0.3, -0.25) is 0 Å². The zero-order valence-corrected chi connectivity index (χ0v) is 16.8. The van der Waals surface area contributed by atoms with Crippen LogP contribution in [0.1, 0.15) is 43.1 Å². The summed E-state index contributed by atoms with van der Waals surface area (Å²) in [4.78, 5) is 28.7. The molecule has 0 bridgehead atoms. The monoisotopic (exact) mass is 410 g/mol. The van der Waals surface area contributed by atoms with Crippen LogP contribution in [0.2, 0.25) is 0 Å². The maximum atomic E-state index is 12.7. The molecule has 0 radical (unpaired) electrons. The van der Waals surface area contributed by atoms with Gasteiger partial charge in [0, 0.05) is 6.04 Å². The largest absolute Gasteiger partial charge is 0.497 e. The highest BCUT2D eigenvalue weighted by molar-refractivity contribution is 5.75. The van der Waals surface area contributed by atoms with Gasteiger partial charge in [0.15, 0.2) is 5.65 Å². The Morgan fingerprint density at radius 2 is 2.03 bits per heavy atom. The maximum Gasteiger partial charge on any atom is 0.315 e. The van der Waals surface area contributed by atoms with Crippen LogP contribution in [0, 0.1) is 0 Å². The lowest BCUT2D eigenvalue weighted by Crippen LogP contribution is -2.45. The van der Waals surface area contributed by atoms with Gasteiger partial charge in [0.25, 0.3) is 0 Å². The minimum absolute atomic E-state index is 0.0663. The second-order valence-corrected chi connectivity index (χ2v) is 7.61. The highest BCUT2D eigenvalue weighted by Crippen LogP contribution is 2.21. The van der Waals surface area contributed by atoms with Gasteiger partial charge in [-0.2, -0.15) is 0 Å². The molecule has 1 aliphatic rings. The summed E-state index contributed by atoms with van der Waals surface area (Å²) in [6.45, 7) is 0. The van der Waals surface area contributed by atoms with Gasteiger partial charge in [0.1, 0.15) is 23.4 Å². The van der Waals surface area contributed by atoms with Crippen molar-refractivity contribution in [1.29, 1.82) is 0 Å². The number of carbonyl (C=O) groups excluding carboxylic acids is 1. The summed E-state index contributed by atoms with van der Waals surface area (Å²) in [6.07, 6.45) is 6.37. The summed E-state index contributed by atoms with van der Waals surface area (Å²) in [5, 5.41) is 15.7. The molecule has 1 aromatic carbocycles. The minimum atomic E-state index is -0.373. The van der Waals surface area contributed by atoms with E-state index in [1.165, 1.54) is 6.33 Å². The zero-order valence-electron chi connectivity index (χ0n) is 16.8. The Morgan fingerprint density at radius 3 is 2.73 bits per heavy atom. The van der Waals surface area contributed by atoms with Gasteiger partial charge in [-0.05, 0) is 49.8 Å². The van der Waals surface area contributed by atoms with Crippen LogP contribution in [-0.2, 0) is 6.42 Å². The van der Waals surface area contributed by atoms with Crippen molar-refractivity contribution in [3.05, 3.63) is 48.2 Å². The summed E-state index contributed by atoms with van der Waals surface area (Å²) < 4.78 is 5.22. The highest BCUT2D eigenvalue weighted by atomic mass is 16.5. The lowest BCUT2D eigenvalue weighted by atomic mass is 9.93. The van der Waals surface area contributed by atoms with Crippen LogP contribution in [0.15, 0.2) is 36.8 Å². The number of imidazole rings is 1. The van der Waals surface area contributed by atoms with Gasteiger partial charge in [0.2, 0.25) is 0 Å². The summed E-state index contributed by atoms with van der Waals surface area (Å²) in [6, 6.07) is 7.17. The number of amides is 2. The Bertz CT molecular complexity index is 949.